The van der Waals surface area contributed by atoms with Gasteiger partial charge in [0, 0.05) is 33.5 Å². The molecule has 0 radical (unpaired) electrons. The average Bonchev–Trinajstić information content (AvgIpc) is 3.17. The van der Waals surface area contributed by atoms with Gasteiger partial charge in [0.25, 0.3) is 0 Å². The van der Waals surface area contributed by atoms with Gasteiger partial charge in [0.2, 0.25) is 5.91 Å². The summed E-state index contributed by atoms with van der Waals surface area (Å²) >= 11 is 1.38. The van der Waals surface area contributed by atoms with E-state index in [9.17, 15) is 15.0 Å². The lowest BCUT2D eigenvalue weighted by atomic mass is 10.0. The summed E-state index contributed by atoms with van der Waals surface area (Å²) in [4.78, 5) is 25.2. The number of phenols is 2. The van der Waals surface area contributed by atoms with Crippen LogP contribution in [0.25, 0.3) is 22.5 Å². The number of carbonyl (C=O) groups is 1. The molecule has 4 aromatic rings. The Hall–Kier alpha value is -3.98. The van der Waals surface area contributed by atoms with Crippen molar-refractivity contribution in [3.8, 4) is 34.0 Å². The minimum Gasteiger partial charge on any atom is -0.504 e. The zero-order valence-corrected chi connectivity index (χ0v) is 17.6. The maximum atomic E-state index is 12.0. The van der Waals surface area contributed by atoms with Crippen LogP contribution in [0.15, 0.2) is 47.8 Å². The van der Waals surface area contributed by atoms with Crippen LogP contribution in [-0.2, 0) is 0 Å². The Morgan fingerprint density at radius 1 is 0.968 bits per heavy atom. The van der Waals surface area contributed by atoms with Crippen molar-refractivity contribution in [3.63, 3.8) is 0 Å². The van der Waals surface area contributed by atoms with Crippen molar-refractivity contribution in [1.29, 1.82) is 0 Å². The van der Waals surface area contributed by atoms with E-state index in [0.717, 1.165) is 5.69 Å². The number of aromatic hydroxyl groups is 2. The number of nitrogens with two attached hydrogens (primary N) is 1. The van der Waals surface area contributed by atoms with E-state index in [0.29, 0.717) is 44.7 Å². The fraction of sp³-hybridized carbons (Fsp3) is 0.0909. The number of nitrogens with one attached hydrogen (secondary N) is 1. The van der Waals surface area contributed by atoms with Crippen LogP contribution in [-0.4, -0.2) is 31.1 Å². The van der Waals surface area contributed by atoms with Crippen molar-refractivity contribution in [2.75, 3.05) is 5.32 Å². The van der Waals surface area contributed by atoms with Crippen molar-refractivity contribution in [1.82, 2.24) is 15.0 Å². The van der Waals surface area contributed by atoms with Gasteiger partial charge in [-0.3, -0.25) is 4.79 Å². The molecule has 4 rings (SSSR count). The molecule has 2 aromatic carbocycles. The molecule has 0 fully saturated rings. The molecule has 0 aliphatic heterocycles. The van der Waals surface area contributed by atoms with E-state index < -0.39 is 5.91 Å². The van der Waals surface area contributed by atoms with Crippen molar-refractivity contribution in [3.05, 3.63) is 64.9 Å². The van der Waals surface area contributed by atoms with Gasteiger partial charge < -0.3 is 21.3 Å². The highest BCUT2D eigenvalue weighted by Crippen LogP contribution is 2.33. The van der Waals surface area contributed by atoms with Crippen molar-refractivity contribution in [2.24, 2.45) is 5.73 Å². The lowest BCUT2D eigenvalue weighted by Crippen LogP contribution is -2.13. The van der Waals surface area contributed by atoms with Crippen LogP contribution in [0, 0.1) is 13.8 Å². The van der Waals surface area contributed by atoms with Gasteiger partial charge >= 0.3 is 0 Å². The number of aryl methyl sites for hydroxylation is 2. The van der Waals surface area contributed by atoms with Crippen molar-refractivity contribution in [2.45, 2.75) is 13.8 Å². The summed E-state index contributed by atoms with van der Waals surface area (Å²) in [5, 5.41) is 24.9. The molecule has 2 heterocycles. The molecule has 0 spiro atoms. The molecule has 5 N–H and O–H groups in total. The van der Waals surface area contributed by atoms with Crippen LogP contribution in [0.5, 0.6) is 11.5 Å². The monoisotopic (exact) mass is 433 g/mol. The normalized spacial score (nSPS) is 10.8. The smallest absolute Gasteiger partial charge is 0.249 e. The number of anilines is 2. The van der Waals surface area contributed by atoms with Crippen LogP contribution >= 0.6 is 11.3 Å². The van der Waals surface area contributed by atoms with Crippen LogP contribution in [0.1, 0.15) is 21.9 Å². The molecule has 31 heavy (non-hydrogen) atoms. The number of thiazole rings is 1. The number of nitrogens with zero attached hydrogens (tertiary/aromatic N) is 3. The summed E-state index contributed by atoms with van der Waals surface area (Å²) in [6, 6.07) is 11.5. The van der Waals surface area contributed by atoms with Gasteiger partial charge in [0.1, 0.15) is 5.82 Å². The fourth-order valence-electron chi connectivity index (χ4n) is 3.17. The van der Waals surface area contributed by atoms with Crippen molar-refractivity contribution >= 4 is 28.1 Å². The van der Waals surface area contributed by atoms with E-state index in [4.69, 9.17) is 5.73 Å². The second kappa shape index (κ2) is 8.04. The first kappa shape index (κ1) is 20.3. The standard InChI is InChI=1S/C22H19N5O3S/c1-11-7-17(25-12(2)24-11)16-9-14(4-5-15(16)21(23)30)26-22-27-18(10-31-22)13-3-6-19(28)20(29)8-13/h3-10,28-29H,1-2H3,(H2,23,30)(H,26,27). The third-order valence-corrected chi connectivity index (χ3v) is 5.31. The van der Waals surface area contributed by atoms with E-state index in [-0.39, 0.29) is 11.5 Å². The average molecular weight is 433 g/mol. The SMILES string of the molecule is Cc1cc(-c2cc(Nc3nc(-c4ccc(O)c(O)c4)cs3)ccc2C(N)=O)nc(C)n1. The second-order valence-corrected chi connectivity index (χ2v) is 7.79. The maximum Gasteiger partial charge on any atom is 0.249 e. The summed E-state index contributed by atoms with van der Waals surface area (Å²) in [5.74, 6) is -0.332. The quantitative estimate of drug-likeness (QED) is 0.348. The van der Waals surface area contributed by atoms with Crippen LogP contribution in [0.4, 0.5) is 10.8 Å². The van der Waals surface area contributed by atoms with Crippen LogP contribution in [0.2, 0.25) is 0 Å². The zero-order chi connectivity index (χ0) is 22.1. The number of carbonyl (C=O) groups excluding carboxylic acids is 1. The maximum absolute atomic E-state index is 12.0. The van der Waals surface area contributed by atoms with E-state index in [1.54, 1.807) is 37.3 Å². The van der Waals surface area contributed by atoms with Gasteiger partial charge in [-0.2, -0.15) is 0 Å². The molecule has 2 aromatic heterocycles. The Bertz CT molecular complexity index is 1280. The lowest BCUT2D eigenvalue weighted by molar-refractivity contribution is 0.100. The minimum absolute atomic E-state index is 0.186. The molecule has 0 saturated carbocycles. The number of primary amides is 1. The highest BCUT2D eigenvalue weighted by molar-refractivity contribution is 7.14. The predicted molar refractivity (Wildman–Crippen MR) is 120 cm³/mol. The van der Waals surface area contributed by atoms with Crippen molar-refractivity contribution < 1.29 is 15.0 Å². The minimum atomic E-state index is -0.542. The van der Waals surface area contributed by atoms with Crippen LogP contribution in [0.3, 0.4) is 0 Å². The first-order valence-corrected chi connectivity index (χ1v) is 10.2. The Morgan fingerprint density at radius 2 is 1.77 bits per heavy atom. The summed E-state index contributed by atoms with van der Waals surface area (Å²) < 4.78 is 0. The highest BCUT2D eigenvalue weighted by Gasteiger charge is 2.14. The molecule has 0 atom stereocenters. The molecule has 1 amide bonds. The zero-order valence-electron chi connectivity index (χ0n) is 16.7. The molecular formula is C22H19N5O3S. The molecule has 9 heteroatoms. The van der Waals surface area contributed by atoms with E-state index in [1.807, 2.05) is 12.3 Å². The highest BCUT2D eigenvalue weighted by atomic mass is 32.1. The Labute approximate surface area is 182 Å². The summed E-state index contributed by atoms with van der Waals surface area (Å²) in [7, 11) is 0. The summed E-state index contributed by atoms with van der Waals surface area (Å²) in [5.41, 5.74) is 9.98. The van der Waals surface area contributed by atoms with E-state index in [2.05, 4.69) is 20.3 Å². The second-order valence-electron chi connectivity index (χ2n) is 6.93. The number of amides is 1. The molecule has 0 unspecified atom stereocenters. The first-order valence-electron chi connectivity index (χ1n) is 9.31. The molecule has 0 aliphatic rings. The Kier molecular flexibility index (Phi) is 5.26. The molecule has 0 aliphatic carbocycles. The lowest BCUT2D eigenvalue weighted by Gasteiger charge is -2.11. The topological polar surface area (TPSA) is 134 Å². The number of benzene rings is 2. The third kappa shape index (κ3) is 4.31. The predicted octanol–water partition coefficient (Wildman–Crippen LogP) is 4.14. The third-order valence-electron chi connectivity index (χ3n) is 4.55. The Balaban J connectivity index is 1.67. The largest absolute Gasteiger partial charge is 0.504 e. The summed E-state index contributed by atoms with van der Waals surface area (Å²) in [6.07, 6.45) is 0. The first-order chi connectivity index (χ1) is 14.8. The number of hydrogen-bond acceptors (Lipinski definition) is 8. The number of rotatable bonds is 5. The van der Waals surface area contributed by atoms with Gasteiger partial charge in [0.15, 0.2) is 16.6 Å². The van der Waals surface area contributed by atoms with Gasteiger partial charge in [-0.15, -0.1) is 11.3 Å². The molecule has 156 valence electrons. The summed E-state index contributed by atoms with van der Waals surface area (Å²) in [6.45, 7) is 3.66. The van der Waals surface area contributed by atoms with Gasteiger partial charge in [-0.25, -0.2) is 15.0 Å². The number of aromatic nitrogens is 3. The van der Waals surface area contributed by atoms with Gasteiger partial charge in [-0.05, 0) is 56.3 Å². The van der Waals surface area contributed by atoms with E-state index in [1.165, 1.54) is 23.5 Å². The van der Waals surface area contributed by atoms with E-state index >= 15 is 0 Å². The molecule has 0 saturated heterocycles. The molecular weight excluding hydrogens is 414 g/mol. The molecule has 8 nitrogen and oxygen atoms in total. The number of hydrogen-bond donors (Lipinski definition) is 4. The van der Waals surface area contributed by atoms with Gasteiger partial charge in [0.05, 0.1) is 11.4 Å². The Morgan fingerprint density at radius 3 is 2.48 bits per heavy atom. The fourth-order valence-corrected chi connectivity index (χ4v) is 3.91. The van der Waals surface area contributed by atoms with Crippen LogP contribution < -0.4 is 11.1 Å². The molecule has 0 bridgehead atoms. The number of phenolic OH excluding ortho intramolecular Hbond substituents is 2. The van der Waals surface area contributed by atoms with Gasteiger partial charge in [-0.1, -0.05) is 0 Å².